The second-order valence-electron chi connectivity index (χ2n) is 4.65. The molecule has 2 atom stereocenters. The van der Waals surface area contributed by atoms with Crippen LogP contribution in [0.15, 0.2) is 4.42 Å². The largest absolute Gasteiger partial charge is 0.405 e. The third kappa shape index (κ3) is 2.10. The van der Waals surface area contributed by atoms with Crippen LogP contribution in [0.5, 0.6) is 0 Å². The average Bonchev–Trinajstić information content (AvgIpc) is 3.08. The fourth-order valence-corrected chi connectivity index (χ4v) is 2.51. The number of nitrogens with zero attached hydrogens (tertiary/aromatic N) is 3. The number of anilines is 1. The van der Waals surface area contributed by atoms with Crippen molar-refractivity contribution in [2.24, 2.45) is 5.92 Å². The molecule has 2 aliphatic rings. The van der Waals surface area contributed by atoms with Crippen LogP contribution >= 0.6 is 11.6 Å². The van der Waals surface area contributed by atoms with E-state index in [2.05, 4.69) is 10.2 Å². The highest BCUT2D eigenvalue weighted by Crippen LogP contribution is 2.30. The fourth-order valence-electron chi connectivity index (χ4n) is 2.31. The van der Waals surface area contributed by atoms with Gasteiger partial charge in [-0.3, -0.25) is 9.69 Å². The zero-order valence-electron chi connectivity index (χ0n) is 9.84. The van der Waals surface area contributed by atoms with Crippen molar-refractivity contribution in [2.75, 3.05) is 23.9 Å². The van der Waals surface area contributed by atoms with E-state index >= 15 is 0 Å². The van der Waals surface area contributed by atoms with Crippen LogP contribution < -0.4 is 4.90 Å². The highest BCUT2D eigenvalue weighted by Gasteiger charge is 2.34. The molecule has 2 unspecified atom stereocenters. The summed E-state index contributed by atoms with van der Waals surface area (Å²) < 4.78 is 11.0. The number of carbonyl (C=O) groups is 1. The van der Waals surface area contributed by atoms with E-state index in [-0.39, 0.29) is 23.9 Å². The van der Waals surface area contributed by atoms with Gasteiger partial charge in [0, 0.05) is 25.5 Å². The molecule has 0 N–H and O–H groups in total. The van der Waals surface area contributed by atoms with Crippen LogP contribution in [0.1, 0.15) is 31.3 Å². The third-order valence-corrected chi connectivity index (χ3v) is 3.73. The summed E-state index contributed by atoms with van der Waals surface area (Å²) in [5, 5.41) is 7.89. The minimum atomic E-state index is -0.118. The Bertz CT molecular complexity index is 444. The first-order valence-corrected chi connectivity index (χ1v) is 6.62. The summed E-state index contributed by atoms with van der Waals surface area (Å²) in [5.74, 6) is 1.08. The Labute approximate surface area is 109 Å². The van der Waals surface area contributed by atoms with E-state index in [1.807, 2.05) is 0 Å². The molecule has 0 aromatic carbocycles. The lowest BCUT2D eigenvalue weighted by atomic mass is 10.2. The quantitative estimate of drug-likeness (QED) is 0.780. The molecule has 18 heavy (non-hydrogen) atoms. The summed E-state index contributed by atoms with van der Waals surface area (Å²) in [7, 11) is 0. The lowest BCUT2D eigenvalue weighted by Gasteiger charge is -2.10. The van der Waals surface area contributed by atoms with Crippen LogP contribution in [0.2, 0.25) is 0 Å². The molecular weight excluding hydrogens is 258 g/mol. The minimum absolute atomic E-state index is 0.0109. The van der Waals surface area contributed by atoms with Crippen molar-refractivity contribution in [1.82, 2.24) is 10.2 Å². The Hall–Kier alpha value is -1.14. The smallest absolute Gasteiger partial charge is 0.325 e. The van der Waals surface area contributed by atoms with E-state index in [0.29, 0.717) is 24.7 Å². The van der Waals surface area contributed by atoms with Crippen molar-refractivity contribution in [3.05, 3.63) is 5.89 Å². The van der Waals surface area contributed by atoms with E-state index in [4.69, 9.17) is 20.8 Å². The zero-order chi connectivity index (χ0) is 12.5. The van der Waals surface area contributed by atoms with Gasteiger partial charge in [0.15, 0.2) is 0 Å². The van der Waals surface area contributed by atoms with E-state index < -0.39 is 0 Å². The molecule has 2 fully saturated rings. The van der Waals surface area contributed by atoms with Gasteiger partial charge in [0.2, 0.25) is 11.8 Å². The molecule has 0 aliphatic carbocycles. The highest BCUT2D eigenvalue weighted by atomic mass is 35.5. The highest BCUT2D eigenvalue weighted by molar-refractivity contribution is 6.18. The number of aromatic nitrogens is 2. The van der Waals surface area contributed by atoms with E-state index in [1.54, 1.807) is 0 Å². The molecule has 1 aromatic rings. The van der Waals surface area contributed by atoms with Crippen LogP contribution in [-0.2, 0) is 9.53 Å². The molecule has 7 heteroatoms. The maximum absolute atomic E-state index is 11.8. The van der Waals surface area contributed by atoms with Gasteiger partial charge in [0.1, 0.15) is 6.10 Å². The van der Waals surface area contributed by atoms with Gasteiger partial charge in [-0.15, -0.1) is 16.7 Å². The second-order valence-corrected chi connectivity index (χ2v) is 4.96. The molecule has 1 aromatic heterocycles. The van der Waals surface area contributed by atoms with Gasteiger partial charge >= 0.3 is 6.01 Å². The summed E-state index contributed by atoms with van der Waals surface area (Å²) in [6, 6.07) is 0.262. The zero-order valence-corrected chi connectivity index (χ0v) is 10.6. The number of halogens is 1. The monoisotopic (exact) mass is 271 g/mol. The molecule has 0 spiro atoms. The van der Waals surface area contributed by atoms with E-state index in [0.717, 1.165) is 19.4 Å². The van der Waals surface area contributed by atoms with Crippen molar-refractivity contribution in [2.45, 2.75) is 25.4 Å². The summed E-state index contributed by atoms with van der Waals surface area (Å²) >= 11 is 5.77. The molecule has 3 rings (SSSR count). The lowest BCUT2D eigenvalue weighted by Crippen LogP contribution is -2.25. The molecule has 3 heterocycles. The van der Waals surface area contributed by atoms with Crippen LogP contribution in [0.4, 0.5) is 6.01 Å². The number of ether oxygens (including phenoxy) is 1. The summed E-state index contributed by atoms with van der Waals surface area (Å²) in [5.41, 5.74) is 0. The molecule has 2 aliphatic heterocycles. The van der Waals surface area contributed by atoms with Crippen LogP contribution in [-0.4, -0.2) is 35.1 Å². The van der Waals surface area contributed by atoms with Gasteiger partial charge in [0.25, 0.3) is 0 Å². The molecule has 0 bridgehead atoms. The summed E-state index contributed by atoms with van der Waals surface area (Å²) in [6.45, 7) is 1.27. The number of hydrogen-bond donors (Lipinski definition) is 0. The first kappa shape index (κ1) is 11.9. The molecule has 98 valence electrons. The Morgan fingerprint density at radius 1 is 1.44 bits per heavy atom. The van der Waals surface area contributed by atoms with Gasteiger partial charge in [-0.25, -0.2) is 0 Å². The summed E-state index contributed by atoms with van der Waals surface area (Å²) in [6.07, 6.45) is 2.22. The number of alkyl halides is 1. The Morgan fingerprint density at radius 2 is 2.33 bits per heavy atom. The van der Waals surface area contributed by atoms with Gasteiger partial charge in [-0.2, -0.15) is 0 Å². The predicted molar refractivity (Wildman–Crippen MR) is 63.4 cm³/mol. The molecular formula is C11H14ClN3O3. The number of carbonyl (C=O) groups excluding carboxylic acids is 1. The minimum Gasteiger partial charge on any atom is -0.405 e. The number of amides is 1. The molecule has 0 radical (unpaired) electrons. The fraction of sp³-hybridized carbons (Fsp3) is 0.727. The molecule has 1 amide bonds. The molecule has 0 saturated carbocycles. The van der Waals surface area contributed by atoms with Gasteiger partial charge in [-0.1, -0.05) is 5.10 Å². The van der Waals surface area contributed by atoms with Crippen LogP contribution in [0, 0.1) is 5.92 Å². The second kappa shape index (κ2) is 4.85. The number of rotatable bonds is 3. The lowest BCUT2D eigenvalue weighted by molar-refractivity contribution is -0.117. The molecule has 6 nitrogen and oxygen atoms in total. The van der Waals surface area contributed by atoms with Crippen molar-refractivity contribution < 1.29 is 13.9 Å². The van der Waals surface area contributed by atoms with Gasteiger partial charge in [0.05, 0.1) is 0 Å². The van der Waals surface area contributed by atoms with E-state index in [1.165, 1.54) is 4.90 Å². The first-order chi connectivity index (χ1) is 8.78. The van der Waals surface area contributed by atoms with Crippen molar-refractivity contribution >= 4 is 23.5 Å². The Morgan fingerprint density at radius 3 is 3.00 bits per heavy atom. The van der Waals surface area contributed by atoms with Crippen molar-refractivity contribution in [3.8, 4) is 0 Å². The molecule has 2 saturated heterocycles. The third-order valence-electron chi connectivity index (χ3n) is 3.29. The van der Waals surface area contributed by atoms with Crippen molar-refractivity contribution in [3.63, 3.8) is 0 Å². The van der Waals surface area contributed by atoms with Gasteiger partial charge < -0.3 is 9.15 Å². The van der Waals surface area contributed by atoms with Gasteiger partial charge in [-0.05, 0) is 18.8 Å². The first-order valence-electron chi connectivity index (χ1n) is 6.09. The normalized spacial score (nSPS) is 28.3. The standard InChI is InChI=1S/C11H14ClN3O3/c12-5-7-4-9(16)15(6-7)11-14-13-10(18-11)8-2-1-3-17-8/h7-8H,1-6H2. The average molecular weight is 272 g/mol. The van der Waals surface area contributed by atoms with Crippen LogP contribution in [0.3, 0.4) is 0 Å². The van der Waals surface area contributed by atoms with E-state index in [9.17, 15) is 4.79 Å². The topological polar surface area (TPSA) is 68.5 Å². The van der Waals surface area contributed by atoms with Crippen LogP contribution in [0.25, 0.3) is 0 Å². The summed E-state index contributed by atoms with van der Waals surface area (Å²) in [4.78, 5) is 13.3. The maximum atomic E-state index is 11.8. The Balaban J connectivity index is 1.74. The maximum Gasteiger partial charge on any atom is 0.325 e. The predicted octanol–water partition coefficient (Wildman–Crippen LogP) is 1.51. The van der Waals surface area contributed by atoms with Crippen molar-refractivity contribution in [1.29, 1.82) is 0 Å². The Kier molecular flexibility index (Phi) is 3.22. The number of hydrogen-bond acceptors (Lipinski definition) is 5. The SMILES string of the molecule is O=C1CC(CCl)CN1c1nnc(C2CCCO2)o1.